The highest BCUT2D eigenvalue weighted by Gasteiger charge is 2.34. The third-order valence-corrected chi connectivity index (χ3v) is 6.52. The Bertz CT molecular complexity index is 1120. The van der Waals surface area contributed by atoms with Crippen LogP contribution in [0.1, 0.15) is 51.2 Å². The van der Waals surface area contributed by atoms with E-state index in [1.165, 1.54) is 14.0 Å². The lowest BCUT2D eigenvalue weighted by Gasteiger charge is -2.14. The van der Waals surface area contributed by atoms with E-state index in [-0.39, 0.29) is 42.4 Å². The van der Waals surface area contributed by atoms with Crippen LogP contribution in [0.5, 0.6) is 11.5 Å². The van der Waals surface area contributed by atoms with E-state index < -0.39 is 47.9 Å². The van der Waals surface area contributed by atoms with Gasteiger partial charge in [-0.1, -0.05) is 26.8 Å². The number of nitrogens with one attached hydrogen (secondary N) is 2. The van der Waals surface area contributed by atoms with Gasteiger partial charge in [0, 0.05) is 19.3 Å². The molecular formula is C27H40N3O13-. The molecule has 0 spiro atoms. The van der Waals surface area contributed by atoms with E-state index in [0.717, 1.165) is 5.56 Å². The Morgan fingerprint density at radius 2 is 1.51 bits per heavy atom. The van der Waals surface area contributed by atoms with Gasteiger partial charge in [0.2, 0.25) is 11.8 Å². The van der Waals surface area contributed by atoms with Crippen LogP contribution in [0.25, 0.3) is 0 Å². The Morgan fingerprint density at radius 1 is 1.02 bits per heavy atom. The Hall–Kier alpha value is -4.44. The van der Waals surface area contributed by atoms with Crippen molar-refractivity contribution in [2.75, 3.05) is 7.11 Å². The maximum Gasteiger partial charge on any atom is 0.326 e. The minimum Gasteiger partial charge on any atom is -0.548 e. The largest absolute Gasteiger partial charge is 0.548 e. The van der Waals surface area contributed by atoms with Gasteiger partial charge in [-0.2, -0.15) is 0 Å². The monoisotopic (exact) mass is 614 g/mol. The Morgan fingerprint density at radius 3 is 1.79 bits per heavy atom. The van der Waals surface area contributed by atoms with Crippen LogP contribution in [-0.2, 0) is 35.4 Å². The van der Waals surface area contributed by atoms with Gasteiger partial charge >= 0.3 is 17.9 Å². The molecule has 2 saturated heterocycles. The number of amides is 2. The number of benzene rings is 1. The van der Waals surface area contributed by atoms with Crippen molar-refractivity contribution in [1.82, 2.24) is 10.6 Å². The number of carboxylic acid groups (broad SMARTS) is 4. The Balaban J connectivity index is 0.000000548. The molecule has 6 unspecified atom stereocenters. The lowest BCUT2D eigenvalue weighted by molar-refractivity contribution is -0.309. The number of aromatic hydroxyl groups is 1. The standard InChI is InChI=1S/C9H12O3.C6H11NO4.2C6H9NO3/c1-6-3-4-8(12-2)7(5-10)9(6)11;1-3(2-4(8)9)5(7)6(10)11;2*1-3-2-4(8)7-5(3)6(9)10/h3-4,10-11H,5H2,1-2H3;3,5H,2,7H2,1H3,(H,8,9)(H,10,11);2*3,5H,2H2,1H3,(H,7,8)(H,9,10)/p-1. The summed E-state index contributed by atoms with van der Waals surface area (Å²) in [7, 11) is 1.50. The number of hydrogen-bond acceptors (Lipinski definition) is 11. The molecule has 9 N–H and O–H groups in total. The third-order valence-electron chi connectivity index (χ3n) is 6.52. The summed E-state index contributed by atoms with van der Waals surface area (Å²) in [4.78, 5) is 62.0. The third kappa shape index (κ3) is 13.0. The average molecular weight is 615 g/mol. The molecular weight excluding hydrogens is 574 g/mol. The molecule has 16 nitrogen and oxygen atoms in total. The highest BCUT2D eigenvalue weighted by molar-refractivity contribution is 5.88. The molecule has 0 saturated carbocycles. The number of ether oxygens (including phenoxy) is 1. The first-order chi connectivity index (χ1) is 19.9. The van der Waals surface area contributed by atoms with Crippen LogP contribution in [0.15, 0.2) is 12.1 Å². The van der Waals surface area contributed by atoms with Crippen LogP contribution in [0.4, 0.5) is 0 Å². The molecule has 6 atom stereocenters. The van der Waals surface area contributed by atoms with Crippen LogP contribution in [-0.4, -0.2) is 86.5 Å². The number of hydrogen-bond donors (Lipinski definition) is 8. The number of aliphatic hydroxyl groups excluding tert-OH is 1. The molecule has 2 heterocycles. The molecule has 0 bridgehead atoms. The van der Waals surface area contributed by atoms with Gasteiger partial charge in [0.15, 0.2) is 0 Å². The molecule has 0 aliphatic carbocycles. The van der Waals surface area contributed by atoms with Crippen LogP contribution < -0.4 is 26.2 Å². The zero-order valence-corrected chi connectivity index (χ0v) is 24.5. The zero-order valence-electron chi connectivity index (χ0n) is 24.5. The molecule has 2 aliphatic rings. The summed E-state index contributed by atoms with van der Waals surface area (Å²) < 4.78 is 4.95. The van der Waals surface area contributed by atoms with E-state index in [9.17, 15) is 39.0 Å². The van der Waals surface area contributed by atoms with E-state index in [2.05, 4.69) is 10.6 Å². The molecule has 0 aromatic heterocycles. The number of aryl methyl sites for hydroxylation is 1. The number of carbonyl (C=O) groups is 6. The predicted octanol–water partition coefficient (Wildman–Crippen LogP) is -1.43. The maximum absolute atomic E-state index is 10.6. The van der Waals surface area contributed by atoms with Crippen molar-refractivity contribution in [2.45, 2.75) is 71.7 Å². The molecule has 16 heteroatoms. The van der Waals surface area contributed by atoms with Crippen molar-refractivity contribution in [2.24, 2.45) is 23.5 Å². The van der Waals surface area contributed by atoms with E-state index in [4.69, 9.17) is 30.9 Å². The average Bonchev–Trinajstić information content (AvgIpc) is 3.44. The molecule has 2 amide bonds. The Kier molecular flexibility index (Phi) is 16.3. The second-order valence-corrected chi connectivity index (χ2v) is 10.1. The van der Waals surface area contributed by atoms with Crippen molar-refractivity contribution in [3.63, 3.8) is 0 Å². The molecule has 2 aliphatic heterocycles. The number of phenols is 1. The van der Waals surface area contributed by atoms with Crippen LogP contribution in [0.2, 0.25) is 0 Å². The van der Waals surface area contributed by atoms with E-state index in [0.29, 0.717) is 24.2 Å². The molecule has 1 aromatic carbocycles. The summed E-state index contributed by atoms with van der Waals surface area (Å²) in [5.41, 5.74) is 6.32. The van der Waals surface area contributed by atoms with Crippen LogP contribution in [0.3, 0.4) is 0 Å². The van der Waals surface area contributed by atoms with Gasteiger partial charge in [-0.15, -0.1) is 0 Å². The number of carboxylic acids is 4. The van der Waals surface area contributed by atoms with Crippen molar-refractivity contribution in [3.05, 3.63) is 23.3 Å². The van der Waals surface area contributed by atoms with Gasteiger partial charge < -0.3 is 56.5 Å². The topological polar surface area (TPSA) is 286 Å². The number of aliphatic hydroxyl groups is 1. The predicted molar refractivity (Wildman–Crippen MR) is 146 cm³/mol. The van der Waals surface area contributed by atoms with Crippen LogP contribution in [0, 0.1) is 24.7 Å². The van der Waals surface area contributed by atoms with E-state index in [1.54, 1.807) is 32.9 Å². The second-order valence-electron chi connectivity index (χ2n) is 10.1. The fourth-order valence-electron chi connectivity index (χ4n) is 3.89. The van der Waals surface area contributed by atoms with Crippen molar-refractivity contribution in [1.29, 1.82) is 0 Å². The fourth-order valence-corrected chi connectivity index (χ4v) is 3.89. The summed E-state index contributed by atoms with van der Waals surface area (Å²) in [6, 6.07) is 0.916. The number of nitrogens with two attached hydrogens (primary N) is 1. The van der Waals surface area contributed by atoms with Gasteiger partial charge in [0.1, 0.15) is 23.6 Å². The molecule has 242 valence electrons. The lowest BCUT2D eigenvalue weighted by atomic mass is 10.00. The maximum atomic E-state index is 10.6. The summed E-state index contributed by atoms with van der Waals surface area (Å²) in [5.74, 6) is -4.85. The van der Waals surface area contributed by atoms with Gasteiger partial charge in [0.05, 0.1) is 31.3 Å². The number of methoxy groups -OCH3 is 1. The first kappa shape index (κ1) is 38.6. The second kappa shape index (κ2) is 18.2. The van der Waals surface area contributed by atoms with Gasteiger partial charge in [-0.25, -0.2) is 4.79 Å². The summed E-state index contributed by atoms with van der Waals surface area (Å²) >= 11 is 0. The van der Waals surface area contributed by atoms with E-state index in [1.807, 2.05) is 0 Å². The first-order valence-corrected chi connectivity index (χ1v) is 13.1. The molecule has 43 heavy (non-hydrogen) atoms. The highest BCUT2D eigenvalue weighted by Crippen LogP contribution is 2.30. The minimum absolute atomic E-state index is 0.0787. The van der Waals surface area contributed by atoms with Gasteiger partial charge in [-0.3, -0.25) is 19.2 Å². The van der Waals surface area contributed by atoms with E-state index >= 15 is 0 Å². The number of aliphatic carboxylic acids is 4. The summed E-state index contributed by atoms with van der Waals surface area (Å²) in [5, 5.41) is 58.4. The summed E-state index contributed by atoms with van der Waals surface area (Å²) in [6.45, 7) is 6.51. The molecule has 0 radical (unpaired) electrons. The fraction of sp³-hybridized carbons (Fsp3) is 0.556. The SMILES string of the molecule is CC(CC(=O)O)C(N)C(=O)O.CC1CC(=O)NC1C(=O)O.CC1CC(=O)NC1C(=O)[O-].COc1ccc(C)c(O)c1CO. The Labute approximate surface area is 247 Å². The van der Waals surface area contributed by atoms with Gasteiger partial charge in [-0.05, 0) is 36.3 Å². The number of rotatable bonds is 8. The normalized spacial score (nSPS) is 21.6. The smallest absolute Gasteiger partial charge is 0.326 e. The van der Waals surface area contributed by atoms with Crippen molar-refractivity contribution >= 4 is 35.7 Å². The molecule has 2 fully saturated rings. The molecule has 3 rings (SSSR count). The van der Waals surface area contributed by atoms with Crippen molar-refractivity contribution in [3.8, 4) is 11.5 Å². The first-order valence-electron chi connectivity index (χ1n) is 13.1. The van der Waals surface area contributed by atoms with Crippen molar-refractivity contribution < 1.29 is 64.1 Å². The lowest BCUT2D eigenvalue weighted by Crippen LogP contribution is -2.45. The number of carbonyl (C=O) groups excluding carboxylic acids is 3. The highest BCUT2D eigenvalue weighted by atomic mass is 16.5. The van der Waals surface area contributed by atoms with Crippen LogP contribution >= 0.6 is 0 Å². The minimum atomic E-state index is -1.20. The molecule has 1 aromatic rings. The quantitative estimate of drug-likeness (QED) is 0.167. The summed E-state index contributed by atoms with van der Waals surface area (Å²) in [6.07, 6.45) is 0.406. The zero-order chi connectivity index (χ0) is 33.6. The van der Waals surface area contributed by atoms with Gasteiger partial charge in [0.25, 0.3) is 0 Å².